The van der Waals surface area contributed by atoms with E-state index in [4.69, 9.17) is 0 Å². The Balaban J connectivity index is 0.00000112. The Hall–Kier alpha value is -0.390. The summed E-state index contributed by atoms with van der Waals surface area (Å²) >= 11 is -2.51. The fraction of sp³-hybridized carbons (Fsp3) is 0. The molecule has 0 aliphatic heterocycles. The van der Waals surface area contributed by atoms with Gasteiger partial charge in [0.15, 0.2) is 0 Å². The van der Waals surface area contributed by atoms with Gasteiger partial charge in [-0.3, -0.25) is 0 Å². The predicted octanol–water partition coefficient (Wildman–Crippen LogP) is -0.871. The van der Waals surface area contributed by atoms with Gasteiger partial charge in [0.25, 0.3) is 0 Å². The zero-order chi connectivity index (χ0) is 9.97. The van der Waals surface area contributed by atoms with Crippen molar-refractivity contribution in [2.45, 2.75) is 0 Å². The van der Waals surface area contributed by atoms with Gasteiger partial charge in [0.2, 0.25) is 0 Å². The van der Waals surface area contributed by atoms with Crippen LogP contribution in [-0.4, -0.2) is 8.76 Å². The largest absolute Gasteiger partial charge is 1.00 e. The van der Waals surface area contributed by atoms with Crippen molar-refractivity contribution in [2.75, 3.05) is 0 Å². The summed E-state index contributed by atoms with van der Waals surface area (Å²) in [5.74, 6) is 0.331. The molecule has 0 aliphatic carbocycles. The summed E-state index contributed by atoms with van der Waals surface area (Å²) in [6.07, 6.45) is 0. The molecule has 3 nitrogen and oxygen atoms in total. The summed E-state index contributed by atoms with van der Waals surface area (Å²) in [6, 6.07) is 12.8. The maximum atomic E-state index is 10.3. The van der Waals surface area contributed by atoms with Gasteiger partial charge in [-0.05, 0) is 22.9 Å². The fourth-order valence-electron chi connectivity index (χ4n) is 1.30. The van der Waals surface area contributed by atoms with Crippen molar-refractivity contribution >= 4 is 22.1 Å². The number of hydrogen-bond donors (Lipinski definition) is 0. The van der Waals surface area contributed by atoms with Crippen molar-refractivity contribution in [3.8, 4) is 5.75 Å². The fourth-order valence-corrected chi connectivity index (χ4v) is 1.56. The van der Waals surface area contributed by atoms with Crippen LogP contribution in [0.5, 0.6) is 5.75 Å². The summed E-state index contributed by atoms with van der Waals surface area (Å²) in [4.78, 5) is 0. The van der Waals surface area contributed by atoms with Crippen LogP contribution in [-0.2, 0) is 11.4 Å². The van der Waals surface area contributed by atoms with Crippen molar-refractivity contribution in [1.82, 2.24) is 0 Å². The third-order valence-electron chi connectivity index (χ3n) is 1.89. The van der Waals surface area contributed by atoms with Gasteiger partial charge < -0.3 is 10.2 Å². The quantitative estimate of drug-likeness (QED) is 0.498. The monoisotopic (exact) mass is 231 g/mol. The average molecular weight is 231 g/mol. The molecule has 0 saturated heterocycles. The normalized spacial score (nSPS) is 11.8. The van der Waals surface area contributed by atoms with Gasteiger partial charge in [0, 0.05) is 0 Å². The minimum absolute atomic E-state index is 0. The summed E-state index contributed by atoms with van der Waals surface area (Å²) in [6.45, 7) is 0. The Morgan fingerprint density at radius 1 is 1.13 bits per heavy atom. The molecule has 74 valence electrons. The molecule has 0 saturated carbocycles. The first-order valence-corrected chi connectivity index (χ1v) is 5.02. The standard InChI is InChI=1S/C10H8O3S.Na.H/c11-14(12)13-10-6-5-8-3-1-2-4-9(8)7-10;;/h1-7H,(H,11,12);;/q;+1;-1/p-1. The molecule has 0 amide bonds. The maximum absolute atomic E-state index is 10.3. The smallest absolute Gasteiger partial charge is 1.00 e. The Kier molecular flexibility index (Phi) is 4.76. The van der Waals surface area contributed by atoms with E-state index in [9.17, 15) is 8.76 Å². The van der Waals surface area contributed by atoms with E-state index in [2.05, 4.69) is 4.18 Å². The molecule has 0 spiro atoms. The molecule has 0 radical (unpaired) electrons. The van der Waals surface area contributed by atoms with Crippen LogP contribution >= 0.6 is 0 Å². The SMILES string of the molecule is O=S([O-])Oc1ccc2ccccc2c1.[H-].[Na+]. The molecule has 5 heteroatoms. The number of fused-ring (bicyclic) bond motifs is 1. The summed E-state index contributed by atoms with van der Waals surface area (Å²) in [5.41, 5.74) is 0. The van der Waals surface area contributed by atoms with Crippen LogP contribution in [0.4, 0.5) is 0 Å². The van der Waals surface area contributed by atoms with Gasteiger partial charge in [-0.25, -0.2) is 4.21 Å². The van der Waals surface area contributed by atoms with Crippen molar-refractivity contribution in [1.29, 1.82) is 0 Å². The van der Waals surface area contributed by atoms with Gasteiger partial charge in [-0.1, -0.05) is 30.3 Å². The van der Waals surface area contributed by atoms with Crippen LogP contribution in [0.2, 0.25) is 0 Å². The van der Waals surface area contributed by atoms with Gasteiger partial charge in [0.05, 0.1) is 0 Å². The van der Waals surface area contributed by atoms with Crippen molar-refractivity contribution in [3.05, 3.63) is 42.5 Å². The van der Waals surface area contributed by atoms with E-state index in [-0.39, 0.29) is 31.0 Å². The van der Waals surface area contributed by atoms with Gasteiger partial charge in [-0.2, -0.15) is 0 Å². The predicted molar refractivity (Wildman–Crippen MR) is 54.6 cm³/mol. The number of benzene rings is 2. The Morgan fingerprint density at radius 2 is 1.80 bits per heavy atom. The minimum atomic E-state index is -2.51. The molecule has 1 unspecified atom stereocenters. The zero-order valence-corrected chi connectivity index (χ0v) is 11.0. The van der Waals surface area contributed by atoms with Crippen molar-refractivity contribution in [2.24, 2.45) is 0 Å². The van der Waals surface area contributed by atoms with Gasteiger partial charge in [-0.15, -0.1) is 0 Å². The first-order chi connectivity index (χ1) is 6.75. The second-order valence-corrected chi connectivity index (χ2v) is 3.37. The van der Waals surface area contributed by atoms with E-state index in [0.717, 1.165) is 10.8 Å². The first-order valence-electron chi connectivity index (χ1n) is 4.02. The molecule has 0 fully saturated rings. The third kappa shape index (κ3) is 3.29. The molecular weight excluding hydrogens is 223 g/mol. The second kappa shape index (κ2) is 5.63. The Morgan fingerprint density at radius 3 is 2.47 bits per heavy atom. The first kappa shape index (κ1) is 12.7. The van der Waals surface area contributed by atoms with E-state index in [1.54, 1.807) is 12.1 Å². The summed E-state index contributed by atoms with van der Waals surface area (Å²) in [5, 5.41) is 2.01. The average Bonchev–Trinajstić information content (AvgIpc) is 2.17. The van der Waals surface area contributed by atoms with Crippen LogP contribution in [0.25, 0.3) is 10.8 Å². The summed E-state index contributed by atoms with van der Waals surface area (Å²) < 4.78 is 25.1. The van der Waals surface area contributed by atoms with Crippen LogP contribution in [0.15, 0.2) is 42.5 Å². The molecule has 0 bridgehead atoms. The van der Waals surface area contributed by atoms with Crippen molar-refractivity contribution < 1.29 is 43.9 Å². The molecule has 1 atom stereocenters. The molecular formula is C10H8NaO3S-. The van der Waals surface area contributed by atoms with Crippen LogP contribution in [0.3, 0.4) is 0 Å². The second-order valence-electron chi connectivity index (χ2n) is 2.80. The molecule has 2 aromatic carbocycles. The molecule has 0 aliphatic rings. The number of rotatable bonds is 2. The molecule has 0 N–H and O–H groups in total. The van der Waals surface area contributed by atoms with Crippen molar-refractivity contribution in [3.63, 3.8) is 0 Å². The van der Waals surface area contributed by atoms with Crippen LogP contribution in [0.1, 0.15) is 1.43 Å². The van der Waals surface area contributed by atoms with Gasteiger partial charge >= 0.3 is 29.6 Å². The molecule has 2 rings (SSSR count). The molecule has 0 aromatic heterocycles. The third-order valence-corrected chi connectivity index (χ3v) is 2.21. The molecule has 2 aromatic rings. The zero-order valence-electron chi connectivity index (χ0n) is 9.17. The Bertz CT molecular complexity index is 492. The van der Waals surface area contributed by atoms with Crippen LogP contribution in [0, 0.1) is 0 Å². The van der Waals surface area contributed by atoms with E-state index in [1.807, 2.05) is 30.3 Å². The van der Waals surface area contributed by atoms with E-state index in [0.29, 0.717) is 5.75 Å². The van der Waals surface area contributed by atoms with Crippen LogP contribution < -0.4 is 33.7 Å². The van der Waals surface area contributed by atoms with E-state index < -0.39 is 11.4 Å². The Labute approximate surface area is 114 Å². The minimum Gasteiger partial charge on any atom is -1.00 e. The van der Waals surface area contributed by atoms with Gasteiger partial charge in [0.1, 0.15) is 17.1 Å². The number of hydrogen-bond acceptors (Lipinski definition) is 3. The molecule has 15 heavy (non-hydrogen) atoms. The van der Waals surface area contributed by atoms with E-state index >= 15 is 0 Å². The topological polar surface area (TPSA) is 49.4 Å². The molecule has 0 heterocycles. The summed E-state index contributed by atoms with van der Waals surface area (Å²) in [7, 11) is 0. The maximum Gasteiger partial charge on any atom is 1.00 e. The van der Waals surface area contributed by atoms with E-state index in [1.165, 1.54) is 0 Å².